The lowest BCUT2D eigenvalue weighted by molar-refractivity contribution is -0.143. The summed E-state index contributed by atoms with van der Waals surface area (Å²) in [6, 6.07) is 0. The number of hydrogen-bond donors (Lipinski definition) is 0. The predicted molar refractivity (Wildman–Crippen MR) is 90.4 cm³/mol. The smallest absolute Gasteiger partial charge is 0.305 e. The molecule has 7 nitrogen and oxygen atoms in total. The molecule has 0 aliphatic carbocycles. The molecule has 1 aliphatic rings. The molecule has 1 aromatic heterocycles. The third kappa shape index (κ3) is 6.13. The number of rotatable bonds is 7. The molecule has 0 spiro atoms. The van der Waals surface area contributed by atoms with E-state index in [1.807, 2.05) is 0 Å². The van der Waals surface area contributed by atoms with Crippen LogP contribution in [0.4, 0.5) is 5.95 Å². The van der Waals surface area contributed by atoms with Crippen LogP contribution < -0.4 is 4.90 Å². The lowest BCUT2D eigenvalue weighted by Gasteiger charge is -2.27. The molecule has 1 aromatic rings. The van der Waals surface area contributed by atoms with E-state index in [-0.39, 0.29) is 5.97 Å². The Labute approximate surface area is 144 Å². The summed E-state index contributed by atoms with van der Waals surface area (Å²) in [6.07, 6.45) is 6.15. The Morgan fingerprint density at radius 1 is 1.35 bits per heavy atom. The average molecular weight is 385 g/mol. The van der Waals surface area contributed by atoms with Crippen molar-refractivity contribution in [3.8, 4) is 0 Å². The fourth-order valence-electron chi connectivity index (χ4n) is 2.18. The molecule has 0 unspecified atom stereocenters. The van der Waals surface area contributed by atoms with Gasteiger partial charge in [0.15, 0.2) is 0 Å². The number of aromatic nitrogens is 2. The maximum atomic E-state index is 11.2. The molecule has 1 saturated heterocycles. The topological polar surface area (TPSA) is 76.9 Å². The van der Waals surface area contributed by atoms with Crippen LogP contribution in [0.25, 0.3) is 0 Å². The number of esters is 1. The number of anilines is 1. The van der Waals surface area contributed by atoms with Crippen LogP contribution in [0.5, 0.6) is 0 Å². The summed E-state index contributed by atoms with van der Waals surface area (Å²) in [7, 11) is 0. The third-order valence-electron chi connectivity index (χ3n) is 3.35. The zero-order chi connectivity index (χ0) is 16.5. The van der Waals surface area contributed by atoms with Gasteiger partial charge in [-0.25, -0.2) is 9.97 Å². The highest BCUT2D eigenvalue weighted by atomic mass is 79.9. The molecule has 1 aliphatic heterocycles. The highest BCUT2D eigenvalue weighted by Gasteiger charge is 2.17. The van der Waals surface area contributed by atoms with Crippen LogP contribution in [0.2, 0.25) is 0 Å². The largest absolute Gasteiger partial charge is 0.466 e. The van der Waals surface area contributed by atoms with Gasteiger partial charge in [-0.05, 0) is 29.3 Å². The maximum absolute atomic E-state index is 11.2. The Morgan fingerprint density at radius 3 is 2.70 bits per heavy atom. The van der Waals surface area contributed by atoms with Crippen molar-refractivity contribution in [3.63, 3.8) is 0 Å². The zero-order valence-corrected chi connectivity index (χ0v) is 14.8. The van der Waals surface area contributed by atoms with Crippen molar-refractivity contribution in [3.05, 3.63) is 16.9 Å². The number of oxime groups is 1. The first-order chi connectivity index (χ1) is 11.2. The summed E-state index contributed by atoms with van der Waals surface area (Å²) in [6.45, 7) is 4.30. The van der Waals surface area contributed by atoms with Gasteiger partial charge in [0.2, 0.25) is 5.95 Å². The summed E-state index contributed by atoms with van der Waals surface area (Å²) in [5, 5.41) is 4.16. The number of ether oxygens (including phenoxy) is 1. The standard InChI is InChI=1S/C15H21BrN4O3/c1-2-22-14(21)4-3-9-23-19-13-5-7-20(8-6-13)15-17-10-12(16)11-18-15/h10-11H,2-9H2,1H3. The van der Waals surface area contributed by atoms with Crippen molar-refractivity contribution in [1.29, 1.82) is 0 Å². The molecule has 0 radical (unpaired) electrons. The molecular formula is C15H21BrN4O3. The number of carbonyl (C=O) groups excluding carboxylic acids is 1. The van der Waals surface area contributed by atoms with Crippen LogP contribution >= 0.6 is 15.9 Å². The Bertz CT molecular complexity index is 526. The van der Waals surface area contributed by atoms with Crippen molar-refractivity contribution in [2.75, 3.05) is 31.2 Å². The van der Waals surface area contributed by atoms with E-state index in [1.165, 1.54) is 0 Å². The second kappa shape index (κ2) is 9.44. The summed E-state index contributed by atoms with van der Waals surface area (Å²) in [4.78, 5) is 27.2. The van der Waals surface area contributed by atoms with Gasteiger partial charge >= 0.3 is 5.97 Å². The first-order valence-electron chi connectivity index (χ1n) is 7.75. The molecule has 2 heterocycles. The summed E-state index contributed by atoms with van der Waals surface area (Å²) < 4.78 is 5.72. The van der Waals surface area contributed by atoms with Crippen LogP contribution in [0.15, 0.2) is 22.0 Å². The number of halogens is 1. The molecule has 1 fully saturated rings. The summed E-state index contributed by atoms with van der Waals surface area (Å²) in [5.74, 6) is 0.550. The monoisotopic (exact) mass is 384 g/mol. The van der Waals surface area contributed by atoms with Crippen molar-refractivity contribution in [2.45, 2.75) is 32.6 Å². The molecule has 126 valence electrons. The van der Waals surface area contributed by atoms with Gasteiger partial charge in [0.25, 0.3) is 0 Å². The van der Waals surface area contributed by atoms with Gasteiger partial charge < -0.3 is 14.5 Å². The van der Waals surface area contributed by atoms with Gasteiger partial charge in [-0.2, -0.15) is 0 Å². The molecule has 0 N–H and O–H groups in total. The second-order valence-electron chi connectivity index (χ2n) is 5.09. The number of carbonyl (C=O) groups is 1. The number of piperidine rings is 1. The maximum Gasteiger partial charge on any atom is 0.305 e. The first kappa shape index (κ1) is 17.7. The van der Waals surface area contributed by atoms with Crippen LogP contribution in [-0.4, -0.2) is 48.0 Å². The number of hydrogen-bond acceptors (Lipinski definition) is 7. The second-order valence-corrected chi connectivity index (χ2v) is 6.00. The van der Waals surface area contributed by atoms with Gasteiger partial charge in [0, 0.05) is 44.7 Å². The fourth-order valence-corrected chi connectivity index (χ4v) is 2.38. The molecule has 8 heteroatoms. The Balaban J connectivity index is 1.66. The van der Waals surface area contributed by atoms with E-state index in [4.69, 9.17) is 9.57 Å². The SMILES string of the molecule is CCOC(=O)CCCON=C1CCN(c2ncc(Br)cn2)CC1. The minimum atomic E-state index is -0.188. The molecule has 0 bridgehead atoms. The van der Waals surface area contributed by atoms with Crippen molar-refractivity contribution in [1.82, 2.24) is 9.97 Å². The predicted octanol–water partition coefficient (Wildman–Crippen LogP) is 2.56. The highest BCUT2D eigenvalue weighted by Crippen LogP contribution is 2.16. The summed E-state index contributed by atoms with van der Waals surface area (Å²) in [5.41, 5.74) is 1.04. The Kier molecular flexibility index (Phi) is 7.25. The van der Waals surface area contributed by atoms with Gasteiger partial charge in [-0.15, -0.1) is 0 Å². The Morgan fingerprint density at radius 2 is 2.04 bits per heavy atom. The molecule has 0 saturated carbocycles. The van der Waals surface area contributed by atoms with Crippen molar-refractivity contribution >= 4 is 33.6 Å². The summed E-state index contributed by atoms with van der Waals surface area (Å²) >= 11 is 3.33. The van der Waals surface area contributed by atoms with Gasteiger partial charge in [-0.3, -0.25) is 4.79 Å². The van der Waals surface area contributed by atoms with E-state index in [0.717, 1.165) is 42.1 Å². The number of nitrogens with zero attached hydrogens (tertiary/aromatic N) is 4. The molecule has 23 heavy (non-hydrogen) atoms. The van der Waals surface area contributed by atoms with E-state index in [1.54, 1.807) is 19.3 Å². The normalized spacial score (nSPS) is 14.5. The van der Waals surface area contributed by atoms with Gasteiger partial charge in [-0.1, -0.05) is 5.16 Å². The van der Waals surface area contributed by atoms with Crippen LogP contribution in [0.3, 0.4) is 0 Å². The van der Waals surface area contributed by atoms with E-state index in [9.17, 15) is 4.79 Å². The molecule has 2 rings (SSSR count). The minimum absolute atomic E-state index is 0.188. The quantitative estimate of drug-likeness (QED) is 0.408. The van der Waals surface area contributed by atoms with Gasteiger partial charge in [0.1, 0.15) is 6.61 Å². The molecular weight excluding hydrogens is 364 g/mol. The molecule has 0 atom stereocenters. The zero-order valence-electron chi connectivity index (χ0n) is 13.2. The average Bonchev–Trinajstić information content (AvgIpc) is 2.56. The van der Waals surface area contributed by atoms with E-state index >= 15 is 0 Å². The minimum Gasteiger partial charge on any atom is -0.466 e. The fraction of sp³-hybridized carbons (Fsp3) is 0.600. The first-order valence-corrected chi connectivity index (χ1v) is 8.54. The van der Waals surface area contributed by atoms with Crippen molar-refractivity contribution in [2.24, 2.45) is 5.16 Å². The van der Waals surface area contributed by atoms with Crippen LogP contribution in [0.1, 0.15) is 32.6 Å². The van der Waals surface area contributed by atoms with E-state index < -0.39 is 0 Å². The molecule has 0 amide bonds. The molecule has 0 aromatic carbocycles. The lowest BCUT2D eigenvalue weighted by Crippen LogP contribution is -2.35. The van der Waals surface area contributed by atoms with Gasteiger partial charge in [0.05, 0.1) is 16.8 Å². The van der Waals surface area contributed by atoms with E-state index in [0.29, 0.717) is 26.1 Å². The lowest BCUT2D eigenvalue weighted by atomic mass is 10.1. The highest BCUT2D eigenvalue weighted by molar-refractivity contribution is 9.10. The Hall–Kier alpha value is -1.70. The van der Waals surface area contributed by atoms with Crippen LogP contribution in [-0.2, 0) is 14.4 Å². The third-order valence-corrected chi connectivity index (χ3v) is 3.76. The van der Waals surface area contributed by atoms with Crippen molar-refractivity contribution < 1.29 is 14.4 Å². The van der Waals surface area contributed by atoms with E-state index in [2.05, 4.69) is 36.0 Å². The van der Waals surface area contributed by atoms with Crippen LogP contribution in [0, 0.1) is 0 Å².